The van der Waals surface area contributed by atoms with E-state index < -0.39 is 0 Å². The van der Waals surface area contributed by atoms with Crippen molar-refractivity contribution in [1.29, 1.82) is 0 Å². The molecule has 2 aromatic carbocycles. The van der Waals surface area contributed by atoms with E-state index in [9.17, 15) is 9.59 Å². The molecule has 1 amide bonds. The molecule has 136 valence electrons. The zero-order valence-corrected chi connectivity index (χ0v) is 16.8. The predicted molar refractivity (Wildman–Crippen MR) is 111 cm³/mol. The molecule has 0 atom stereocenters. The van der Waals surface area contributed by atoms with Gasteiger partial charge in [-0.25, -0.2) is 9.98 Å². The van der Waals surface area contributed by atoms with Crippen LogP contribution in [0.3, 0.4) is 0 Å². The maximum atomic E-state index is 12.8. The Kier molecular flexibility index (Phi) is 4.84. The lowest BCUT2D eigenvalue weighted by Gasteiger charge is -2.17. The molecule has 1 saturated heterocycles. The van der Waals surface area contributed by atoms with Gasteiger partial charge < -0.3 is 0 Å². The minimum atomic E-state index is -0.194. The highest BCUT2D eigenvalue weighted by Crippen LogP contribution is 2.24. The molecule has 2 heterocycles. The van der Waals surface area contributed by atoms with Gasteiger partial charge in [-0.05, 0) is 37.3 Å². The minimum Gasteiger partial charge on any atom is -0.280 e. The summed E-state index contributed by atoms with van der Waals surface area (Å²) in [5.74, 6) is 0.235. The number of halogens is 1. The number of fused-ring (bicyclic) bond motifs is 1. The van der Waals surface area contributed by atoms with Crippen molar-refractivity contribution in [3.63, 3.8) is 0 Å². The van der Waals surface area contributed by atoms with Crippen molar-refractivity contribution in [2.24, 2.45) is 4.99 Å². The number of aliphatic imine (C=N–C) groups is 1. The van der Waals surface area contributed by atoms with Gasteiger partial charge in [0, 0.05) is 4.47 Å². The van der Waals surface area contributed by atoms with E-state index >= 15 is 0 Å². The fourth-order valence-corrected chi connectivity index (χ4v) is 3.99. The number of nitrogens with zero attached hydrogens (tertiary/aromatic N) is 4. The van der Waals surface area contributed by atoms with Crippen LogP contribution in [0, 0.1) is 6.92 Å². The fraction of sp³-hybridized carbons (Fsp3) is 0.158. The molecule has 1 aromatic heterocycles. The van der Waals surface area contributed by atoms with Crippen LogP contribution in [0.2, 0.25) is 0 Å². The Balaban J connectivity index is 1.68. The van der Waals surface area contributed by atoms with Crippen LogP contribution in [0.5, 0.6) is 0 Å². The molecule has 8 heteroatoms. The Morgan fingerprint density at radius 2 is 1.96 bits per heavy atom. The molecule has 6 nitrogen and oxygen atoms in total. The van der Waals surface area contributed by atoms with E-state index in [4.69, 9.17) is 0 Å². The van der Waals surface area contributed by atoms with Crippen LogP contribution in [0.1, 0.15) is 5.56 Å². The van der Waals surface area contributed by atoms with Crippen LogP contribution in [-0.4, -0.2) is 31.3 Å². The first-order chi connectivity index (χ1) is 13.0. The van der Waals surface area contributed by atoms with Gasteiger partial charge >= 0.3 is 0 Å². The number of benzene rings is 2. The van der Waals surface area contributed by atoms with Gasteiger partial charge in [-0.3, -0.25) is 19.1 Å². The molecule has 1 aliphatic heterocycles. The van der Waals surface area contributed by atoms with E-state index in [0.29, 0.717) is 21.8 Å². The first-order valence-corrected chi connectivity index (χ1v) is 10.0. The number of thioether (sulfide) groups is 1. The van der Waals surface area contributed by atoms with E-state index in [1.54, 1.807) is 12.1 Å². The number of carbonyl (C=O) groups excluding carboxylic acids is 1. The number of aryl methyl sites for hydroxylation is 1. The second-order valence-corrected chi connectivity index (χ2v) is 8.02. The van der Waals surface area contributed by atoms with Gasteiger partial charge in [0.25, 0.3) is 5.56 Å². The third-order valence-electron chi connectivity index (χ3n) is 4.20. The van der Waals surface area contributed by atoms with Crippen molar-refractivity contribution in [3.05, 3.63) is 69.2 Å². The molecule has 0 bridgehead atoms. The highest BCUT2D eigenvalue weighted by Gasteiger charge is 2.28. The van der Waals surface area contributed by atoms with E-state index in [2.05, 4.69) is 25.9 Å². The highest BCUT2D eigenvalue weighted by molar-refractivity contribution is 9.10. The normalized spacial score (nSPS) is 15.9. The van der Waals surface area contributed by atoms with Crippen molar-refractivity contribution < 1.29 is 4.79 Å². The maximum Gasteiger partial charge on any atom is 0.262 e. The summed E-state index contributed by atoms with van der Waals surface area (Å²) in [5.41, 5.74) is 2.34. The second-order valence-electron chi connectivity index (χ2n) is 6.16. The molecule has 27 heavy (non-hydrogen) atoms. The lowest BCUT2D eigenvalue weighted by Crippen LogP contribution is -2.36. The summed E-state index contributed by atoms with van der Waals surface area (Å²) >= 11 is 4.75. The minimum absolute atomic E-state index is 0.0768. The molecule has 0 N–H and O–H groups in total. The van der Waals surface area contributed by atoms with Gasteiger partial charge in [0.1, 0.15) is 6.67 Å². The van der Waals surface area contributed by atoms with Crippen LogP contribution in [-0.2, 0) is 11.5 Å². The summed E-state index contributed by atoms with van der Waals surface area (Å²) in [6.45, 7) is 2.10. The third-order valence-corrected chi connectivity index (χ3v) is 5.65. The zero-order chi connectivity index (χ0) is 19.0. The van der Waals surface area contributed by atoms with Crippen molar-refractivity contribution >= 4 is 55.4 Å². The van der Waals surface area contributed by atoms with E-state index in [1.165, 1.54) is 27.6 Å². The van der Waals surface area contributed by atoms with E-state index in [0.717, 1.165) is 15.7 Å². The monoisotopic (exact) mass is 442 g/mol. The average molecular weight is 443 g/mol. The number of amidine groups is 1. The number of amides is 1. The van der Waals surface area contributed by atoms with Gasteiger partial charge in [-0.15, -0.1) is 0 Å². The van der Waals surface area contributed by atoms with E-state index in [1.807, 2.05) is 37.3 Å². The van der Waals surface area contributed by atoms with Crippen LogP contribution in [0.15, 0.2) is 63.1 Å². The smallest absolute Gasteiger partial charge is 0.262 e. The standard InChI is InChI=1S/C19H15BrN4O2S/c1-12-2-5-14(6-3-12)22-19-24(17(25)9-27-19)11-23-10-21-16-7-4-13(20)8-15(16)18(23)26/h2-8,10H,9,11H2,1H3. The molecular formula is C19H15BrN4O2S. The van der Waals surface area contributed by atoms with Crippen LogP contribution < -0.4 is 5.56 Å². The van der Waals surface area contributed by atoms with Crippen molar-refractivity contribution in [2.75, 3.05) is 5.75 Å². The molecule has 4 rings (SSSR count). The molecule has 0 unspecified atom stereocenters. The van der Waals surface area contributed by atoms with Gasteiger partial charge in [-0.1, -0.05) is 45.4 Å². The Bertz CT molecular complexity index is 1120. The van der Waals surface area contributed by atoms with Crippen molar-refractivity contribution in [3.8, 4) is 0 Å². The topological polar surface area (TPSA) is 67.6 Å². The molecule has 0 aliphatic carbocycles. The first kappa shape index (κ1) is 17.9. The van der Waals surface area contributed by atoms with Crippen LogP contribution in [0.25, 0.3) is 10.9 Å². The molecule has 0 saturated carbocycles. The Morgan fingerprint density at radius 1 is 1.19 bits per heavy atom. The number of carbonyl (C=O) groups is 1. The number of hydrogen-bond donors (Lipinski definition) is 0. The molecular weight excluding hydrogens is 428 g/mol. The Morgan fingerprint density at radius 3 is 2.74 bits per heavy atom. The lowest BCUT2D eigenvalue weighted by molar-refractivity contribution is -0.125. The van der Waals surface area contributed by atoms with Gasteiger partial charge in [0.15, 0.2) is 5.17 Å². The zero-order valence-electron chi connectivity index (χ0n) is 14.4. The van der Waals surface area contributed by atoms with Gasteiger partial charge in [0.05, 0.1) is 28.7 Å². The van der Waals surface area contributed by atoms with Gasteiger partial charge in [0.2, 0.25) is 5.91 Å². The van der Waals surface area contributed by atoms with Crippen LogP contribution in [0.4, 0.5) is 5.69 Å². The van der Waals surface area contributed by atoms with Crippen LogP contribution >= 0.6 is 27.7 Å². The maximum absolute atomic E-state index is 12.8. The second kappa shape index (κ2) is 7.28. The average Bonchev–Trinajstić information content (AvgIpc) is 2.99. The molecule has 1 fully saturated rings. The molecule has 0 spiro atoms. The fourth-order valence-electron chi connectivity index (χ4n) is 2.73. The highest BCUT2D eigenvalue weighted by atomic mass is 79.9. The largest absolute Gasteiger partial charge is 0.280 e. The van der Waals surface area contributed by atoms with Crippen molar-refractivity contribution in [1.82, 2.24) is 14.5 Å². The number of rotatable bonds is 3. The molecule has 0 radical (unpaired) electrons. The summed E-state index contributed by atoms with van der Waals surface area (Å²) in [7, 11) is 0. The lowest BCUT2D eigenvalue weighted by atomic mass is 10.2. The summed E-state index contributed by atoms with van der Waals surface area (Å²) in [4.78, 5) is 35.6. The number of aromatic nitrogens is 2. The predicted octanol–water partition coefficient (Wildman–Crippen LogP) is 3.69. The summed E-state index contributed by atoms with van der Waals surface area (Å²) in [6, 6.07) is 13.1. The Hall–Kier alpha value is -2.45. The molecule has 3 aromatic rings. The molecule has 1 aliphatic rings. The summed E-state index contributed by atoms with van der Waals surface area (Å²) < 4.78 is 2.24. The van der Waals surface area contributed by atoms with E-state index in [-0.39, 0.29) is 18.1 Å². The third kappa shape index (κ3) is 3.68. The SMILES string of the molecule is Cc1ccc(N=C2SCC(=O)N2Cn2cnc3ccc(Br)cc3c2=O)cc1. The van der Waals surface area contributed by atoms with Gasteiger partial charge in [-0.2, -0.15) is 0 Å². The summed E-state index contributed by atoms with van der Waals surface area (Å²) in [5, 5.41) is 1.09. The number of hydrogen-bond acceptors (Lipinski definition) is 5. The Labute approximate surface area is 168 Å². The first-order valence-electron chi connectivity index (χ1n) is 8.24. The quantitative estimate of drug-likeness (QED) is 0.620. The van der Waals surface area contributed by atoms with Crippen molar-refractivity contribution in [2.45, 2.75) is 13.6 Å². The summed E-state index contributed by atoms with van der Waals surface area (Å²) in [6.07, 6.45) is 1.47.